The number of nitrogens with two attached hydrogens (primary N) is 2. The van der Waals surface area contributed by atoms with Crippen molar-refractivity contribution < 1.29 is 14.3 Å². The van der Waals surface area contributed by atoms with E-state index in [0.717, 1.165) is 0 Å². The molecule has 1 saturated heterocycles. The summed E-state index contributed by atoms with van der Waals surface area (Å²) in [7, 11) is 1.57. The van der Waals surface area contributed by atoms with Gasteiger partial charge in [-0.05, 0) is 18.2 Å². The second-order valence-corrected chi connectivity index (χ2v) is 4.54. The largest absolute Gasteiger partial charge is 0.397 e. The first-order valence-electron chi connectivity index (χ1n) is 6.30. The van der Waals surface area contributed by atoms with E-state index in [9.17, 15) is 9.59 Å². The van der Waals surface area contributed by atoms with Gasteiger partial charge in [0.25, 0.3) is 0 Å². The number of hydrogen-bond donors (Lipinski definition) is 3. The van der Waals surface area contributed by atoms with Gasteiger partial charge in [0.2, 0.25) is 11.8 Å². The van der Waals surface area contributed by atoms with Crippen LogP contribution in [-0.4, -0.2) is 44.7 Å². The van der Waals surface area contributed by atoms with E-state index in [2.05, 4.69) is 5.32 Å². The lowest BCUT2D eigenvalue weighted by Crippen LogP contribution is -2.53. The highest BCUT2D eigenvalue weighted by Crippen LogP contribution is 2.27. The first-order chi connectivity index (χ1) is 9.54. The van der Waals surface area contributed by atoms with Gasteiger partial charge in [0.15, 0.2) is 0 Å². The van der Waals surface area contributed by atoms with Crippen molar-refractivity contribution in [2.24, 2.45) is 5.73 Å². The summed E-state index contributed by atoms with van der Waals surface area (Å²) in [5.74, 6) is -0.690. The lowest BCUT2D eigenvalue weighted by Gasteiger charge is -2.36. The molecule has 7 nitrogen and oxygen atoms in total. The number of carbonyl (C=O) groups excluding carboxylic acids is 2. The third-order valence-corrected chi connectivity index (χ3v) is 3.30. The number of hydrogen-bond acceptors (Lipinski definition) is 5. The number of carbonyl (C=O) groups is 2. The molecular formula is C13H18N4O3. The molecule has 0 aromatic heterocycles. The summed E-state index contributed by atoms with van der Waals surface area (Å²) in [6.45, 7) is 1.29. The Kier molecular flexibility index (Phi) is 4.09. The molecule has 0 spiro atoms. The number of morpholine rings is 1. The summed E-state index contributed by atoms with van der Waals surface area (Å²) in [5, 5.41) is 2.60. The first-order valence-corrected chi connectivity index (χ1v) is 6.30. The molecule has 0 radical (unpaired) electrons. The Bertz CT molecular complexity index is 532. The van der Waals surface area contributed by atoms with E-state index in [0.29, 0.717) is 30.1 Å². The van der Waals surface area contributed by atoms with Gasteiger partial charge in [0.05, 0.1) is 24.6 Å². The highest BCUT2D eigenvalue weighted by Gasteiger charge is 2.30. The van der Waals surface area contributed by atoms with Gasteiger partial charge >= 0.3 is 0 Å². The molecule has 1 aliphatic rings. The van der Waals surface area contributed by atoms with Crippen LogP contribution < -0.4 is 21.7 Å². The van der Waals surface area contributed by atoms with Crippen LogP contribution in [0, 0.1) is 0 Å². The molecule has 1 heterocycles. The van der Waals surface area contributed by atoms with E-state index < -0.39 is 11.9 Å². The minimum absolute atomic E-state index is 0.159. The standard InChI is InChI=1S/C13H18N4O3/c1-16-13(19)11-7-20-5-4-17(11)10-6-8(12(15)18)2-3-9(10)14/h2-3,6,11H,4-5,7,14H2,1H3,(H2,15,18)(H,16,19). The molecule has 2 rings (SSSR count). The van der Waals surface area contributed by atoms with Gasteiger partial charge < -0.3 is 26.4 Å². The second-order valence-electron chi connectivity index (χ2n) is 4.54. The van der Waals surface area contributed by atoms with Gasteiger partial charge in [-0.1, -0.05) is 0 Å². The Morgan fingerprint density at radius 3 is 2.85 bits per heavy atom. The van der Waals surface area contributed by atoms with Crippen LogP contribution in [0.25, 0.3) is 0 Å². The van der Waals surface area contributed by atoms with Crippen molar-refractivity contribution in [1.82, 2.24) is 5.32 Å². The van der Waals surface area contributed by atoms with Gasteiger partial charge in [0, 0.05) is 19.2 Å². The lowest BCUT2D eigenvalue weighted by atomic mass is 10.1. The molecule has 20 heavy (non-hydrogen) atoms. The monoisotopic (exact) mass is 278 g/mol. The number of amides is 2. The van der Waals surface area contributed by atoms with Crippen molar-refractivity contribution in [3.05, 3.63) is 23.8 Å². The molecule has 1 aromatic rings. The van der Waals surface area contributed by atoms with Crippen LogP contribution in [-0.2, 0) is 9.53 Å². The fraction of sp³-hybridized carbons (Fsp3) is 0.385. The maximum absolute atomic E-state index is 11.9. The van der Waals surface area contributed by atoms with Crippen LogP contribution in [0.15, 0.2) is 18.2 Å². The van der Waals surface area contributed by atoms with Crippen molar-refractivity contribution in [2.45, 2.75) is 6.04 Å². The zero-order valence-corrected chi connectivity index (χ0v) is 11.3. The SMILES string of the molecule is CNC(=O)C1COCCN1c1cc(C(N)=O)ccc1N. The molecule has 0 saturated carbocycles. The fourth-order valence-electron chi connectivity index (χ4n) is 2.22. The van der Waals surface area contributed by atoms with Crippen molar-refractivity contribution in [3.63, 3.8) is 0 Å². The summed E-state index contributed by atoms with van der Waals surface area (Å²) < 4.78 is 5.34. The first kappa shape index (κ1) is 14.1. The van der Waals surface area contributed by atoms with Crippen LogP contribution in [0.1, 0.15) is 10.4 Å². The minimum atomic E-state index is -0.531. The smallest absolute Gasteiger partial charge is 0.248 e. The van der Waals surface area contributed by atoms with E-state index in [4.69, 9.17) is 16.2 Å². The van der Waals surface area contributed by atoms with Crippen molar-refractivity contribution in [1.29, 1.82) is 0 Å². The predicted molar refractivity (Wildman–Crippen MR) is 75.4 cm³/mol. The Balaban J connectivity index is 2.39. The third kappa shape index (κ3) is 2.67. The highest BCUT2D eigenvalue weighted by molar-refractivity contribution is 5.95. The van der Waals surface area contributed by atoms with Gasteiger partial charge in [-0.3, -0.25) is 9.59 Å². The summed E-state index contributed by atoms with van der Waals surface area (Å²) in [6.07, 6.45) is 0. The molecular weight excluding hydrogens is 260 g/mol. The normalized spacial score (nSPS) is 18.6. The zero-order chi connectivity index (χ0) is 14.7. The van der Waals surface area contributed by atoms with Crippen molar-refractivity contribution in [2.75, 3.05) is 37.4 Å². The summed E-state index contributed by atoms with van der Waals surface area (Å²) in [6, 6.07) is 4.32. The van der Waals surface area contributed by atoms with Crippen LogP contribution in [0.5, 0.6) is 0 Å². The zero-order valence-electron chi connectivity index (χ0n) is 11.3. The van der Waals surface area contributed by atoms with Crippen LogP contribution in [0.4, 0.5) is 11.4 Å². The number of rotatable bonds is 3. The lowest BCUT2D eigenvalue weighted by molar-refractivity contribution is -0.124. The molecule has 108 valence electrons. The Morgan fingerprint density at radius 1 is 1.45 bits per heavy atom. The van der Waals surface area contributed by atoms with E-state index in [1.165, 1.54) is 0 Å². The van der Waals surface area contributed by atoms with Crippen molar-refractivity contribution >= 4 is 23.2 Å². The molecule has 1 aliphatic heterocycles. The van der Waals surface area contributed by atoms with E-state index in [-0.39, 0.29) is 12.5 Å². The topological polar surface area (TPSA) is 111 Å². The average Bonchev–Trinajstić information content (AvgIpc) is 2.46. The second kappa shape index (κ2) is 5.79. The van der Waals surface area contributed by atoms with Gasteiger partial charge in [-0.15, -0.1) is 0 Å². The molecule has 7 heteroatoms. The summed E-state index contributed by atoms with van der Waals surface area (Å²) in [4.78, 5) is 25.0. The molecule has 1 atom stereocenters. The van der Waals surface area contributed by atoms with Crippen LogP contribution in [0.3, 0.4) is 0 Å². The number of benzene rings is 1. The van der Waals surface area contributed by atoms with Crippen molar-refractivity contribution in [3.8, 4) is 0 Å². The maximum Gasteiger partial charge on any atom is 0.248 e. The highest BCUT2D eigenvalue weighted by atomic mass is 16.5. The Morgan fingerprint density at radius 2 is 2.20 bits per heavy atom. The number of nitrogen functional groups attached to an aromatic ring is 1. The number of nitrogens with zero attached hydrogens (tertiary/aromatic N) is 1. The molecule has 1 unspecified atom stereocenters. The number of likely N-dealkylation sites (N-methyl/N-ethyl adjacent to an activating group) is 1. The fourth-order valence-corrected chi connectivity index (χ4v) is 2.22. The van der Waals surface area contributed by atoms with Gasteiger partial charge in [0.1, 0.15) is 6.04 Å². The van der Waals surface area contributed by atoms with E-state index in [1.807, 2.05) is 4.90 Å². The van der Waals surface area contributed by atoms with E-state index in [1.54, 1.807) is 25.2 Å². The number of anilines is 2. The number of ether oxygens (including phenoxy) is 1. The van der Waals surface area contributed by atoms with Gasteiger partial charge in [-0.2, -0.15) is 0 Å². The number of primary amides is 1. The quantitative estimate of drug-likeness (QED) is 0.634. The van der Waals surface area contributed by atoms with E-state index >= 15 is 0 Å². The average molecular weight is 278 g/mol. The minimum Gasteiger partial charge on any atom is -0.397 e. The maximum atomic E-state index is 11.9. The Labute approximate surface area is 116 Å². The molecule has 5 N–H and O–H groups in total. The predicted octanol–water partition coefficient (Wildman–Crippen LogP) is -0.681. The Hall–Kier alpha value is -2.28. The third-order valence-electron chi connectivity index (χ3n) is 3.30. The number of nitrogens with one attached hydrogen (secondary N) is 1. The molecule has 0 bridgehead atoms. The van der Waals surface area contributed by atoms with Gasteiger partial charge in [-0.25, -0.2) is 0 Å². The molecule has 2 amide bonds. The molecule has 1 aromatic carbocycles. The van der Waals surface area contributed by atoms with Crippen LogP contribution >= 0.6 is 0 Å². The summed E-state index contributed by atoms with van der Waals surface area (Å²) in [5.41, 5.74) is 12.7. The van der Waals surface area contributed by atoms with Crippen LogP contribution in [0.2, 0.25) is 0 Å². The summed E-state index contributed by atoms with van der Waals surface area (Å²) >= 11 is 0. The molecule has 1 fully saturated rings. The molecule has 0 aliphatic carbocycles.